The molecule has 0 bridgehead atoms. The Kier molecular flexibility index (Phi) is 9.69. The summed E-state index contributed by atoms with van der Waals surface area (Å²) in [5.74, 6) is -2.25. The molecule has 0 spiro atoms. The Morgan fingerprint density at radius 3 is 2.00 bits per heavy atom. The van der Waals surface area contributed by atoms with Crippen LogP contribution in [0.3, 0.4) is 0 Å². The van der Waals surface area contributed by atoms with E-state index in [0.717, 1.165) is 20.8 Å². The first-order valence-corrected chi connectivity index (χ1v) is 9.25. The van der Waals surface area contributed by atoms with Gasteiger partial charge in [0.05, 0.1) is 0 Å². The average molecular weight is 481 g/mol. The van der Waals surface area contributed by atoms with E-state index in [1.54, 1.807) is 0 Å². The van der Waals surface area contributed by atoms with Crippen molar-refractivity contribution in [2.24, 2.45) is 0 Å². The number of esters is 3. The lowest BCUT2D eigenvalue weighted by molar-refractivity contribution is -0.264. The van der Waals surface area contributed by atoms with Gasteiger partial charge in [-0.25, -0.2) is 4.79 Å². The molecule has 11 nitrogen and oxygen atoms in total. The molecule has 5 atom stereocenters. The maximum absolute atomic E-state index is 12.0. The maximum Gasteiger partial charge on any atom is 0.407 e. The Hall–Kier alpha value is -1.53. The van der Waals surface area contributed by atoms with Crippen LogP contribution in [0.2, 0.25) is 0 Å². The first-order chi connectivity index (χ1) is 13.3. The van der Waals surface area contributed by atoms with Gasteiger partial charge in [0, 0.05) is 20.8 Å². The van der Waals surface area contributed by atoms with Gasteiger partial charge in [0.2, 0.25) is 3.79 Å². The smallest absolute Gasteiger partial charge is 0.407 e. The van der Waals surface area contributed by atoms with Crippen molar-refractivity contribution in [3.8, 4) is 0 Å². The van der Waals surface area contributed by atoms with Gasteiger partial charge in [-0.3, -0.25) is 14.4 Å². The van der Waals surface area contributed by atoms with E-state index in [9.17, 15) is 24.3 Å². The molecule has 0 aromatic carbocycles. The second-order valence-electron chi connectivity index (χ2n) is 5.88. The number of aliphatic hydroxyl groups excluding tert-OH is 1. The van der Waals surface area contributed by atoms with Crippen molar-refractivity contribution in [3.63, 3.8) is 0 Å². The Balaban J connectivity index is 3.06. The summed E-state index contributed by atoms with van der Waals surface area (Å²) in [7, 11) is 0. The van der Waals surface area contributed by atoms with Crippen molar-refractivity contribution in [1.82, 2.24) is 5.32 Å². The van der Waals surface area contributed by atoms with Crippen LogP contribution in [-0.4, -0.2) is 76.8 Å². The normalized spacial score (nSPS) is 26.8. The molecule has 29 heavy (non-hydrogen) atoms. The van der Waals surface area contributed by atoms with Gasteiger partial charge in [0.15, 0.2) is 18.5 Å². The number of ether oxygens (including phenoxy) is 5. The molecular weight excluding hydrogens is 461 g/mol. The minimum absolute atomic E-state index is 0.424. The van der Waals surface area contributed by atoms with Crippen LogP contribution in [0, 0.1) is 0 Å². The van der Waals surface area contributed by atoms with Crippen LogP contribution in [0.15, 0.2) is 0 Å². The first kappa shape index (κ1) is 25.5. The number of rotatable bonds is 6. The van der Waals surface area contributed by atoms with Crippen LogP contribution < -0.4 is 5.32 Å². The van der Waals surface area contributed by atoms with Crippen LogP contribution in [0.25, 0.3) is 0 Å². The summed E-state index contributed by atoms with van der Waals surface area (Å²) in [6, 6.07) is -1.43. The van der Waals surface area contributed by atoms with Gasteiger partial charge >= 0.3 is 24.0 Å². The Morgan fingerprint density at radius 1 is 0.966 bits per heavy atom. The van der Waals surface area contributed by atoms with Gasteiger partial charge in [-0.2, -0.15) is 0 Å². The first-order valence-electron chi connectivity index (χ1n) is 8.11. The van der Waals surface area contributed by atoms with E-state index in [1.807, 2.05) is 0 Å². The standard InChI is InChI=1S/C15H20Cl3NO10/c1-6(20)25-4-9-11(27-7(2)21)12(28-8(3)22)10(13(23)29-9)19-14(24)26-5-15(16,17)18/h9-13,23H,4-5H2,1-3H3,(H,19,24)/t9-,10-,11-,12-,13+/m1/s1. The zero-order chi connectivity index (χ0) is 22.4. The van der Waals surface area contributed by atoms with E-state index in [2.05, 4.69) is 5.32 Å². The van der Waals surface area contributed by atoms with Crippen LogP contribution in [0.5, 0.6) is 0 Å². The van der Waals surface area contributed by atoms with E-state index in [-0.39, 0.29) is 0 Å². The number of hydrogen-bond acceptors (Lipinski definition) is 10. The van der Waals surface area contributed by atoms with Crippen molar-refractivity contribution < 1.29 is 48.0 Å². The number of amides is 1. The zero-order valence-electron chi connectivity index (χ0n) is 15.6. The third-order valence-electron chi connectivity index (χ3n) is 3.37. The maximum atomic E-state index is 12.0. The molecule has 0 radical (unpaired) electrons. The monoisotopic (exact) mass is 479 g/mol. The molecule has 2 N–H and O–H groups in total. The molecule has 1 aliphatic heterocycles. The molecule has 1 fully saturated rings. The Bertz CT molecular complexity index is 626. The molecule has 0 aromatic rings. The molecule has 1 heterocycles. The van der Waals surface area contributed by atoms with Crippen LogP contribution in [0.1, 0.15) is 20.8 Å². The number of carbonyl (C=O) groups is 4. The fourth-order valence-electron chi connectivity index (χ4n) is 2.40. The van der Waals surface area contributed by atoms with Crippen LogP contribution in [0.4, 0.5) is 4.79 Å². The van der Waals surface area contributed by atoms with Gasteiger partial charge in [0.1, 0.15) is 25.4 Å². The topological polar surface area (TPSA) is 147 Å². The lowest BCUT2D eigenvalue weighted by Crippen LogP contribution is -2.66. The third-order valence-corrected chi connectivity index (χ3v) is 3.70. The van der Waals surface area contributed by atoms with Gasteiger partial charge in [-0.1, -0.05) is 34.8 Å². The largest absolute Gasteiger partial charge is 0.463 e. The quantitative estimate of drug-likeness (QED) is 0.314. The van der Waals surface area contributed by atoms with Gasteiger partial charge in [-0.15, -0.1) is 0 Å². The van der Waals surface area contributed by atoms with E-state index in [0.29, 0.717) is 0 Å². The van der Waals surface area contributed by atoms with Crippen molar-refractivity contribution in [2.75, 3.05) is 13.2 Å². The second kappa shape index (κ2) is 11.0. The van der Waals surface area contributed by atoms with Gasteiger partial charge in [-0.05, 0) is 0 Å². The average Bonchev–Trinajstić information content (AvgIpc) is 2.55. The summed E-state index contributed by atoms with van der Waals surface area (Å²) in [4.78, 5) is 46.1. The molecule has 1 amide bonds. The van der Waals surface area contributed by atoms with Crippen LogP contribution >= 0.6 is 34.8 Å². The minimum Gasteiger partial charge on any atom is -0.463 e. The van der Waals surface area contributed by atoms with E-state index >= 15 is 0 Å². The molecule has 1 saturated heterocycles. The highest BCUT2D eigenvalue weighted by atomic mass is 35.6. The fraction of sp³-hybridized carbons (Fsp3) is 0.733. The summed E-state index contributed by atoms with van der Waals surface area (Å²) < 4.78 is 23.2. The summed E-state index contributed by atoms with van der Waals surface area (Å²) in [5, 5.41) is 12.5. The molecule has 14 heteroatoms. The Morgan fingerprint density at radius 2 is 1.52 bits per heavy atom. The summed E-state index contributed by atoms with van der Waals surface area (Å²) in [5.41, 5.74) is 0. The highest BCUT2D eigenvalue weighted by molar-refractivity contribution is 6.67. The van der Waals surface area contributed by atoms with Crippen molar-refractivity contribution in [2.45, 2.75) is 55.2 Å². The number of aliphatic hydroxyl groups is 1. The zero-order valence-corrected chi connectivity index (χ0v) is 17.8. The fourth-order valence-corrected chi connectivity index (χ4v) is 2.56. The lowest BCUT2D eigenvalue weighted by atomic mass is 9.96. The predicted molar refractivity (Wildman–Crippen MR) is 97.2 cm³/mol. The molecule has 0 aliphatic carbocycles. The molecular formula is C15H20Cl3NO10. The molecule has 0 unspecified atom stereocenters. The molecule has 1 aliphatic rings. The van der Waals surface area contributed by atoms with Gasteiger partial charge < -0.3 is 34.1 Å². The lowest BCUT2D eigenvalue weighted by Gasteiger charge is -2.43. The SMILES string of the molecule is CC(=O)OC[C@H]1O[C@H](O)[C@H](NC(=O)OCC(Cl)(Cl)Cl)[C@@H](OC(C)=O)[C@@H]1OC(C)=O. The molecule has 0 saturated carbocycles. The summed E-state index contributed by atoms with van der Waals surface area (Å²) >= 11 is 16.5. The van der Waals surface area contributed by atoms with E-state index in [1.165, 1.54) is 0 Å². The van der Waals surface area contributed by atoms with E-state index in [4.69, 9.17) is 58.5 Å². The van der Waals surface area contributed by atoms with Crippen molar-refractivity contribution in [1.29, 1.82) is 0 Å². The number of carbonyl (C=O) groups excluding carboxylic acids is 4. The minimum atomic E-state index is -1.89. The summed E-state index contributed by atoms with van der Waals surface area (Å²) in [6.07, 6.45) is -6.84. The molecule has 166 valence electrons. The van der Waals surface area contributed by atoms with Crippen LogP contribution in [-0.2, 0) is 38.1 Å². The van der Waals surface area contributed by atoms with Gasteiger partial charge in [0.25, 0.3) is 0 Å². The highest BCUT2D eigenvalue weighted by Gasteiger charge is 2.50. The third kappa shape index (κ3) is 9.22. The molecule has 1 rings (SSSR count). The Labute approximate surface area is 180 Å². The number of alkyl carbamates (subject to hydrolysis) is 1. The highest BCUT2D eigenvalue weighted by Crippen LogP contribution is 2.27. The number of alkyl halides is 3. The number of hydrogen-bond donors (Lipinski definition) is 2. The van der Waals surface area contributed by atoms with Crippen molar-refractivity contribution >= 4 is 58.8 Å². The second-order valence-corrected chi connectivity index (χ2v) is 8.39. The number of halogens is 3. The van der Waals surface area contributed by atoms with E-state index < -0.39 is 71.7 Å². The molecule has 0 aromatic heterocycles. The summed E-state index contributed by atoms with van der Waals surface area (Å²) in [6.45, 7) is 2.23. The predicted octanol–water partition coefficient (Wildman–Crippen LogP) is 0.595. The number of nitrogens with one attached hydrogen (secondary N) is 1. The van der Waals surface area contributed by atoms with Crippen molar-refractivity contribution in [3.05, 3.63) is 0 Å².